The lowest BCUT2D eigenvalue weighted by Crippen LogP contribution is -2.09. The van der Waals surface area contributed by atoms with Crippen LogP contribution >= 0.6 is 15.9 Å². The zero-order valence-electron chi connectivity index (χ0n) is 12.1. The van der Waals surface area contributed by atoms with Gasteiger partial charge in [0, 0.05) is 0 Å². The van der Waals surface area contributed by atoms with Crippen LogP contribution in [0.4, 0.5) is 13.2 Å². The largest absolute Gasteiger partial charge is 0.492 e. The molecule has 0 unspecified atom stereocenters. The van der Waals surface area contributed by atoms with Crippen molar-refractivity contribution in [3.63, 3.8) is 0 Å². The van der Waals surface area contributed by atoms with Crippen LogP contribution in [0.3, 0.4) is 0 Å². The maximum Gasteiger partial charge on any atom is 0.202 e. The lowest BCUT2D eigenvalue weighted by molar-refractivity contribution is 0.361. The number of methoxy groups -OCH3 is 1. The summed E-state index contributed by atoms with van der Waals surface area (Å²) < 4.78 is 47.0. The maximum absolute atomic E-state index is 14.3. The highest BCUT2D eigenvalue weighted by molar-refractivity contribution is 9.10. The molecule has 0 amide bonds. The van der Waals surface area contributed by atoms with Crippen molar-refractivity contribution in [3.05, 3.63) is 33.6 Å². The Balaban J connectivity index is 2.42. The fourth-order valence-corrected chi connectivity index (χ4v) is 3.39. The van der Waals surface area contributed by atoms with Gasteiger partial charge in [0.05, 0.1) is 17.1 Å². The third kappa shape index (κ3) is 3.12. The van der Waals surface area contributed by atoms with Gasteiger partial charge >= 0.3 is 0 Å². The van der Waals surface area contributed by atoms with Crippen LogP contribution in [-0.4, -0.2) is 7.11 Å². The van der Waals surface area contributed by atoms with Gasteiger partial charge in [0.25, 0.3) is 0 Å². The molecule has 0 spiro atoms. The van der Waals surface area contributed by atoms with Crippen LogP contribution in [-0.2, 0) is 0 Å². The fraction of sp³-hybridized carbons (Fsp3) is 0.500. The molecule has 0 aliphatic heterocycles. The molecule has 116 valence electrons. The van der Waals surface area contributed by atoms with Gasteiger partial charge in [-0.25, -0.2) is 8.78 Å². The standard InChI is InChI=1S/C16H18BrF3O/c1-3-4-9-5-7-10(8-6-9)11-13(18)12(17)16(21-2)15(20)14(11)19/h7,9H,3-6,8H2,1-2H3/t9-/m0/s1. The van der Waals surface area contributed by atoms with E-state index < -0.39 is 23.2 Å². The molecule has 0 saturated heterocycles. The van der Waals surface area contributed by atoms with Crippen molar-refractivity contribution in [1.82, 2.24) is 0 Å². The topological polar surface area (TPSA) is 9.23 Å². The minimum atomic E-state index is -1.17. The molecular formula is C16H18BrF3O. The van der Waals surface area contributed by atoms with Gasteiger partial charge in [0.15, 0.2) is 17.4 Å². The first-order valence-corrected chi connectivity index (χ1v) is 7.89. The monoisotopic (exact) mass is 362 g/mol. The van der Waals surface area contributed by atoms with E-state index in [1.54, 1.807) is 0 Å². The molecule has 2 rings (SSSR count). The summed E-state index contributed by atoms with van der Waals surface area (Å²) in [6, 6.07) is 0. The van der Waals surface area contributed by atoms with Crippen LogP contribution in [0.25, 0.3) is 5.57 Å². The van der Waals surface area contributed by atoms with Crippen molar-refractivity contribution in [1.29, 1.82) is 0 Å². The van der Waals surface area contributed by atoms with Gasteiger partial charge in [-0.2, -0.15) is 4.39 Å². The Kier molecular flexibility index (Phi) is 5.36. The van der Waals surface area contributed by atoms with E-state index in [1.807, 2.05) is 6.08 Å². The second-order valence-corrected chi connectivity index (χ2v) is 6.12. The zero-order valence-corrected chi connectivity index (χ0v) is 13.7. The summed E-state index contributed by atoms with van der Waals surface area (Å²) in [5.74, 6) is -3.01. The molecule has 1 aromatic carbocycles. The second-order valence-electron chi connectivity index (χ2n) is 5.32. The van der Waals surface area contributed by atoms with E-state index in [-0.39, 0.29) is 10.0 Å². The molecule has 0 saturated carbocycles. The summed E-state index contributed by atoms with van der Waals surface area (Å²) in [6.07, 6.45) is 6.27. The van der Waals surface area contributed by atoms with Crippen LogP contribution in [0.2, 0.25) is 0 Å². The van der Waals surface area contributed by atoms with E-state index in [9.17, 15) is 13.2 Å². The molecule has 1 aliphatic rings. The lowest BCUT2D eigenvalue weighted by Gasteiger charge is -2.23. The molecule has 1 aliphatic carbocycles. The Hall–Kier alpha value is -0.970. The van der Waals surface area contributed by atoms with Gasteiger partial charge < -0.3 is 4.74 Å². The summed E-state index contributed by atoms with van der Waals surface area (Å²) in [7, 11) is 1.18. The van der Waals surface area contributed by atoms with Crippen molar-refractivity contribution in [3.8, 4) is 5.75 Å². The second kappa shape index (κ2) is 6.86. The third-order valence-electron chi connectivity index (χ3n) is 3.96. The molecular weight excluding hydrogens is 345 g/mol. The number of hydrogen-bond acceptors (Lipinski definition) is 1. The first-order valence-electron chi connectivity index (χ1n) is 7.10. The van der Waals surface area contributed by atoms with Crippen LogP contribution < -0.4 is 4.74 Å². The first kappa shape index (κ1) is 16.4. The average Bonchev–Trinajstić information content (AvgIpc) is 2.48. The normalized spacial score (nSPS) is 18.6. The van der Waals surface area contributed by atoms with Gasteiger partial charge in [-0.15, -0.1) is 0 Å². The van der Waals surface area contributed by atoms with E-state index in [4.69, 9.17) is 4.74 Å². The first-order chi connectivity index (χ1) is 10.0. The van der Waals surface area contributed by atoms with Crippen molar-refractivity contribution in [2.24, 2.45) is 5.92 Å². The Morgan fingerprint density at radius 1 is 1.24 bits per heavy atom. The molecule has 1 nitrogen and oxygen atoms in total. The van der Waals surface area contributed by atoms with E-state index in [0.717, 1.165) is 25.7 Å². The van der Waals surface area contributed by atoms with Crippen molar-refractivity contribution >= 4 is 21.5 Å². The Labute approximate surface area is 131 Å². The molecule has 0 aromatic heterocycles. The van der Waals surface area contributed by atoms with Gasteiger partial charge in [-0.3, -0.25) is 0 Å². The molecule has 21 heavy (non-hydrogen) atoms. The van der Waals surface area contributed by atoms with Crippen LogP contribution in [0.15, 0.2) is 10.5 Å². The number of ether oxygens (including phenoxy) is 1. The fourth-order valence-electron chi connectivity index (χ4n) is 2.86. The van der Waals surface area contributed by atoms with Crippen LogP contribution in [0, 0.1) is 23.4 Å². The molecule has 1 aromatic rings. The molecule has 0 heterocycles. The van der Waals surface area contributed by atoms with E-state index in [0.29, 0.717) is 17.9 Å². The number of benzene rings is 1. The predicted octanol–water partition coefficient (Wildman–Crippen LogP) is 5.86. The van der Waals surface area contributed by atoms with Crippen LogP contribution in [0.1, 0.15) is 44.6 Å². The van der Waals surface area contributed by atoms with Gasteiger partial charge in [0.1, 0.15) is 0 Å². The molecule has 0 bridgehead atoms. The Morgan fingerprint density at radius 2 is 1.95 bits per heavy atom. The summed E-state index contributed by atoms with van der Waals surface area (Å²) in [4.78, 5) is 0. The van der Waals surface area contributed by atoms with Crippen molar-refractivity contribution < 1.29 is 17.9 Å². The van der Waals surface area contributed by atoms with Gasteiger partial charge in [-0.1, -0.05) is 25.8 Å². The van der Waals surface area contributed by atoms with E-state index in [2.05, 4.69) is 22.9 Å². The van der Waals surface area contributed by atoms with Gasteiger partial charge in [-0.05, 0) is 46.7 Å². The minimum Gasteiger partial charge on any atom is -0.492 e. The summed E-state index contributed by atoms with van der Waals surface area (Å²) in [5.41, 5.74) is 0.273. The summed E-state index contributed by atoms with van der Waals surface area (Å²) in [6.45, 7) is 2.12. The lowest BCUT2D eigenvalue weighted by atomic mass is 9.84. The molecule has 1 atom stereocenters. The van der Waals surface area contributed by atoms with E-state index in [1.165, 1.54) is 7.11 Å². The highest BCUT2D eigenvalue weighted by Gasteiger charge is 2.28. The summed E-state index contributed by atoms with van der Waals surface area (Å²) >= 11 is 2.95. The molecule has 0 N–H and O–H groups in total. The molecule has 5 heteroatoms. The van der Waals surface area contributed by atoms with Crippen molar-refractivity contribution in [2.45, 2.75) is 39.0 Å². The maximum atomic E-state index is 14.3. The number of allylic oxidation sites excluding steroid dienone is 2. The number of hydrogen-bond donors (Lipinski definition) is 0. The highest BCUT2D eigenvalue weighted by atomic mass is 79.9. The predicted molar refractivity (Wildman–Crippen MR) is 80.8 cm³/mol. The smallest absolute Gasteiger partial charge is 0.202 e. The van der Waals surface area contributed by atoms with E-state index >= 15 is 0 Å². The number of rotatable bonds is 4. The Morgan fingerprint density at radius 3 is 2.48 bits per heavy atom. The summed E-state index contributed by atoms with van der Waals surface area (Å²) in [5, 5.41) is 0. The quantitative estimate of drug-likeness (QED) is 0.609. The minimum absolute atomic E-state index is 0.171. The van der Waals surface area contributed by atoms with Crippen molar-refractivity contribution in [2.75, 3.05) is 7.11 Å². The Bertz CT molecular complexity index is 540. The third-order valence-corrected chi connectivity index (χ3v) is 4.67. The molecule has 0 radical (unpaired) electrons. The zero-order chi connectivity index (χ0) is 15.6. The average molecular weight is 363 g/mol. The highest BCUT2D eigenvalue weighted by Crippen LogP contribution is 2.41. The SMILES string of the molecule is CCC[C@H]1CC=C(c2c(F)c(F)c(OC)c(Br)c2F)CC1. The van der Waals surface area contributed by atoms with Crippen LogP contribution in [0.5, 0.6) is 5.75 Å². The molecule has 0 fully saturated rings. The van der Waals surface area contributed by atoms with Gasteiger partial charge in [0.2, 0.25) is 5.82 Å². The number of halogens is 4.